The van der Waals surface area contributed by atoms with E-state index in [0.717, 1.165) is 22.8 Å². The summed E-state index contributed by atoms with van der Waals surface area (Å²) in [5.41, 5.74) is 4.80. The Bertz CT molecular complexity index is 921. The summed E-state index contributed by atoms with van der Waals surface area (Å²) >= 11 is 0. The minimum atomic E-state index is 0.183. The molecule has 0 saturated carbocycles. The Kier molecular flexibility index (Phi) is 4.49. The van der Waals surface area contributed by atoms with Crippen molar-refractivity contribution in [2.75, 3.05) is 6.61 Å². The van der Waals surface area contributed by atoms with Gasteiger partial charge in [-0.1, -0.05) is 48.0 Å². The number of fused-ring (bicyclic) bond motifs is 1. The van der Waals surface area contributed by atoms with Crippen molar-refractivity contribution >= 4 is 5.76 Å². The maximum atomic E-state index is 6.21. The average Bonchev–Trinajstić information content (AvgIpc) is 2.69. The number of ether oxygens (including phenoxy) is 2. The van der Waals surface area contributed by atoms with Crippen LogP contribution in [0.25, 0.3) is 5.76 Å². The molecule has 1 heterocycles. The number of para-hydroxylation sites is 1. The summed E-state index contributed by atoms with van der Waals surface area (Å²) in [6.45, 7) is 4.77. The normalized spacial score (nSPS) is 15.6. The summed E-state index contributed by atoms with van der Waals surface area (Å²) in [5, 5.41) is 0. The van der Waals surface area contributed by atoms with E-state index in [1.807, 2.05) is 31.2 Å². The van der Waals surface area contributed by atoms with Crippen LogP contribution in [-0.2, 0) is 0 Å². The van der Waals surface area contributed by atoms with Crippen LogP contribution in [0, 0.1) is 6.92 Å². The second-order valence-corrected chi connectivity index (χ2v) is 6.52. The lowest BCUT2D eigenvalue weighted by molar-refractivity contribution is 0.340. The zero-order valence-corrected chi connectivity index (χ0v) is 15.1. The molecule has 130 valence electrons. The first-order valence-corrected chi connectivity index (χ1v) is 9.03. The second kappa shape index (κ2) is 7.09. The third-order valence-corrected chi connectivity index (χ3v) is 4.68. The lowest BCUT2D eigenvalue weighted by Gasteiger charge is -2.25. The second-order valence-electron chi connectivity index (χ2n) is 6.52. The zero-order chi connectivity index (χ0) is 17.9. The fraction of sp³-hybridized carbons (Fsp3) is 0.167. The molecular weight excluding hydrogens is 320 g/mol. The molecule has 26 heavy (non-hydrogen) atoms. The summed E-state index contributed by atoms with van der Waals surface area (Å²) in [6.07, 6.45) is 2.21. The topological polar surface area (TPSA) is 18.5 Å². The van der Waals surface area contributed by atoms with Crippen molar-refractivity contribution in [3.8, 4) is 11.5 Å². The van der Waals surface area contributed by atoms with Crippen molar-refractivity contribution in [2.24, 2.45) is 0 Å². The molecule has 0 spiro atoms. The SMILES string of the molecule is CCOc1ccc(C2=C[C@H](c3ccc(C)cc3)c3ccccc3O2)cc1. The number of hydrogen-bond donors (Lipinski definition) is 0. The van der Waals surface area contributed by atoms with Crippen LogP contribution >= 0.6 is 0 Å². The fourth-order valence-electron chi connectivity index (χ4n) is 3.31. The van der Waals surface area contributed by atoms with E-state index in [1.54, 1.807) is 0 Å². The van der Waals surface area contributed by atoms with Crippen LogP contribution in [0.3, 0.4) is 0 Å². The van der Waals surface area contributed by atoms with Gasteiger partial charge >= 0.3 is 0 Å². The van der Waals surface area contributed by atoms with E-state index in [0.29, 0.717) is 6.61 Å². The van der Waals surface area contributed by atoms with Gasteiger partial charge in [0.1, 0.15) is 17.3 Å². The third-order valence-electron chi connectivity index (χ3n) is 4.68. The van der Waals surface area contributed by atoms with E-state index in [2.05, 4.69) is 61.5 Å². The van der Waals surface area contributed by atoms with Gasteiger partial charge in [0, 0.05) is 17.0 Å². The number of aryl methyl sites for hydroxylation is 1. The van der Waals surface area contributed by atoms with Gasteiger partial charge in [0.25, 0.3) is 0 Å². The van der Waals surface area contributed by atoms with Gasteiger partial charge < -0.3 is 9.47 Å². The molecule has 1 atom stereocenters. The molecule has 0 unspecified atom stereocenters. The summed E-state index contributed by atoms with van der Waals surface area (Å²) in [6, 6.07) is 25.1. The molecule has 0 aliphatic carbocycles. The molecule has 0 saturated heterocycles. The Morgan fingerprint density at radius 2 is 1.62 bits per heavy atom. The van der Waals surface area contributed by atoms with Crippen molar-refractivity contribution in [1.82, 2.24) is 0 Å². The fourth-order valence-corrected chi connectivity index (χ4v) is 3.31. The maximum absolute atomic E-state index is 6.21. The number of rotatable bonds is 4. The first kappa shape index (κ1) is 16.5. The van der Waals surface area contributed by atoms with Crippen molar-refractivity contribution in [2.45, 2.75) is 19.8 Å². The quantitative estimate of drug-likeness (QED) is 0.582. The van der Waals surface area contributed by atoms with Crippen LogP contribution in [-0.4, -0.2) is 6.61 Å². The van der Waals surface area contributed by atoms with Crippen molar-refractivity contribution in [3.63, 3.8) is 0 Å². The lowest BCUT2D eigenvalue weighted by Crippen LogP contribution is -2.10. The summed E-state index contributed by atoms with van der Waals surface area (Å²) in [5.74, 6) is 2.87. The van der Waals surface area contributed by atoms with Crippen LogP contribution < -0.4 is 9.47 Å². The molecular formula is C24H22O2. The van der Waals surface area contributed by atoms with Gasteiger partial charge in [-0.05, 0) is 55.8 Å². The molecule has 0 aromatic heterocycles. The number of hydrogen-bond acceptors (Lipinski definition) is 2. The van der Waals surface area contributed by atoms with Gasteiger partial charge in [-0.25, -0.2) is 0 Å². The van der Waals surface area contributed by atoms with Crippen LogP contribution in [0.2, 0.25) is 0 Å². The van der Waals surface area contributed by atoms with E-state index in [4.69, 9.17) is 9.47 Å². The Hall–Kier alpha value is -3.00. The largest absolute Gasteiger partial charge is 0.494 e. The van der Waals surface area contributed by atoms with E-state index in [9.17, 15) is 0 Å². The third kappa shape index (κ3) is 3.23. The molecule has 3 aromatic carbocycles. The molecule has 2 nitrogen and oxygen atoms in total. The van der Waals surface area contributed by atoms with Gasteiger partial charge in [0.2, 0.25) is 0 Å². The van der Waals surface area contributed by atoms with E-state index < -0.39 is 0 Å². The van der Waals surface area contributed by atoms with Crippen molar-refractivity contribution < 1.29 is 9.47 Å². The van der Waals surface area contributed by atoms with Crippen LogP contribution in [0.1, 0.15) is 35.1 Å². The summed E-state index contributed by atoms with van der Waals surface area (Å²) in [4.78, 5) is 0. The van der Waals surface area contributed by atoms with Gasteiger partial charge in [-0.3, -0.25) is 0 Å². The molecule has 0 fully saturated rings. The summed E-state index contributed by atoms with van der Waals surface area (Å²) in [7, 11) is 0. The van der Waals surface area contributed by atoms with E-state index in [-0.39, 0.29) is 5.92 Å². The molecule has 2 heteroatoms. The van der Waals surface area contributed by atoms with Gasteiger partial charge in [0.15, 0.2) is 0 Å². The molecule has 0 amide bonds. The Labute approximate surface area is 154 Å². The first-order chi connectivity index (χ1) is 12.7. The molecule has 0 N–H and O–H groups in total. The molecule has 1 aliphatic heterocycles. The highest BCUT2D eigenvalue weighted by atomic mass is 16.5. The molecule has 1 aliphatic rings. The molecule has 4 rings (SSSR count). The number of allylic oxidation sites excluding steroid dienone is 1. The van der Waals surface area contributed by atoms with Crippen LogP contribution in [0.15, 0.2) is 78.9 Å². The van der Waals surface area contributed by atoms with Gasteiger partial charge in [-0.2, -0.15) is 0 Å². The maximum Gasteiger partial charge on any atom is 0.131 e. The Morgan fingerprint density at radius 1 is 0.885 bits per heavy atom. The predicted octanol–water partition coefficient (Wildman–Crippen LogP) is 5.96. The highest BCUT2D eigenvalue weighted by Crippen LogP contribution is 2.40. The average molecular weight is 342 g/mol. The van der Waals surface area contributed by atoms with Gasteiger partial charge in [-0.15, -0.1) is 0 Å². The van der Waals surface area contributed by atoms with E-state index >= 15 is 0 Å². The van der Waals surface area contributed by atoms with E-state index in [1.165, 1.54) is 16.7 Å². The zero-order valence-electron chi connectivity index (χ0n) is 15.1. The minimum absolute atomic E-state index is 0.183. The Morgan fingerprint density at radius 3 is 2.35 bits per heavy atom. The summed E-state index contributed by atoms with van der Waals surface area (Å²) < 4.78 is 11.8. The molecule has 0 bridgehead atoms. The highest BCUT2D eigenvalue weighted by molar-refractivity contribution is 5.68. The predicted molar refractivity (Wildman–Crippen MR) is 106 cm³/mol. The number of benzene rings is 3. The molecule has 0 radical (unpaired) electrons. The van der Waals surface area contributed by atoms with Crippen LogP contribution in [0.4, 0.5) is 0 Å². The Balaban J connectivity index is 1.75. The van der Waals surface area contributed by atoms with Crippen molar-refractivity contribution in [3.05, 3.63) is 101 Å². The monoisotopic (exact) mass is 342 g/mol. The van der Waals surface area contributed by atoms with Crippen molar-refractivity contribution in [1.29, 1.82) is 0 Å². The minimum Gasteiger partial charge on any atom is -0.494 e. The highest BCUT2D eigenvalue weighted by Gasteiger charge is 2.23. The van der Waals surface area contributed by atoms with Gasteiger partial charge in [0.05, 0.1) is 6.61 Å². The molecule has 3 aromatic rings. The van der Waals surface area contributed by atoms with Crippen LogP contribution in [0.5, 0.6) is 11.5 Å². The first-order valence-electron chi connectivity index (χ1n) is 9.03. The smallest absolute Gasteiger partial charge is 0.131 e. The standard InChI is InChI=1S/C24H22O2/c1-3-25-20-14-12-19(13-15-20)24-16-22(18-10-8-17(2)9-11-18)21-6-4-5-7-23(21)26-24/h4-16,22H,3H2,1-2H3/t22-/m1/s1. The lowest BCUT2D eigenvalue weighted by atomic mass is 9.87.